The van der Waals surface area contributed by atoms with Gasteiger partial charge in [0, 0.05) is 11.8 Å². The van der Waals surface area contributed by atoms with Crippen LogP contribution in [0.1, 0.15) is 22.3 Å². The summed E-state index contributed by atoms with van der Waals surface area (Å²) >= 11 is 0. The maximum atomic E-state index is 4.74. The number of benzene rings is 4. The highest BCUT2D eigenvalue weighted by atomic mass is 14.7. The SMILES string of the molecule is c1ccc(C2(c3ccccc3)c3ccccc3-c3cccc(-c4ccccn4)c32)cc1. The van der Waals surface area contributed by atoms with Gasteiger partial charge in [0.15, 0.2) is 0 Å². The largest absolute Gasteiger partial charge is 0.256 e. The zero-order valence-corrected chi connectivity index (χ0v) is 17.1. The molecule has 1 aliphatic rings. The van der Waals surface area contributed by atoms with Crippen LogP contribution in [0.25, 0.3) is 22.4 Å². The molecule has 6 rings (SSSR count). The number of pyridine rings is 1. The van der Waals surface area contributed by atoms with Gasteiger partial charge in [-0.25, -0.2) is 0 Å². The Kier molecular flexibility index (Phi) is 4.07. The van der Waals surface area contributed by atoms with Crippen LogP contribution in [-0.2, 0) is 5.41 Å². The van der Waals surface area contributed by atoms with Crippen LogP contribution in [0.3, 0.4) is 0 Å². The highest BCUT2D eigenvalue weighted by Crippen LogP contribution is 2.58. The number of hydrogen-bond acceptors (Lipinski definition) is 1. The summed E-state index contributed by atoms with van der Waals surface area (Å²) in [6, 6.07) is 43.4. The van der Waals surface area contributed by atoms with E-state index in [0.29, 0.717) is 0 Å². The smallest absolute Gasteiger partial charge is 0.0720 e. The van der Waals surface area contributed by atoms with Gasteiger partial charge in [-0.2, -0.15) is 0 Å². The number of rotatable bonds is 3. The van der Waals surface area contributed by atoms with Gasteiger partial charge < -0.3 is 0 Å². The van der Waals surface area contributed by atoms with Crippen molar-refractivity contribution in [3.63, 3.8) is 0 Å². The fourth-order valence-corrected chi connectivity index (χ4v) is 5.24. The molecule has 0 bridgehead atoms. The van der Waals surface area contributed by atoms with E-state index in [-0.39, 0.29) is 0 Å². The second kappa shape index (κ2) is 7.07. The summed E-state index contributed by atoms with van der Waals surface area (Å²) in [5.41, 5.74) is 9.55. The summed E-state index contributed by atoms with van der Waals surface area (Å²) in [5, 5.41) is 0. The number of hydrogen-bond donors (Lipinski definition) is 0. The highest BCUT2D eigenvalue weighted by Gasteiger charge is 2.47. The first kappa shape index (κ1) is 17.9. The van der Waals surface area contributed by atoms with Crippen LogP contribution in [0.15, 0.2) is 128 Å². The fourth-order valence-electron chi connectivity index (χ4n) is 5.24. The molecule has 5 aromatic rings. The quantitative estimate of drug-likeness (QED) is 0.311. The molecule has 4 aromatic carbocycles. The zero-order valence-electron chi connectivity index (χ0n) is 17.1. The number of nitrogens with zero attached hydrogens (tertiary/aromatic N) is 1. The van der Waals surface area contributed by atoms with Crippen molar-refractivity contribution < 1.29 is 0 Å². The minimum Gasteiger partial charge on any atom is -0.256 e. The molecular formula is C30H21N. The van der Waals surface area contributed by atoms with Crippen LogP contribution in [-0.4, -0.2) is 4.98 Å². The third-order valence-electron chi connectivity index (χ3n) is 6.42. The van der Waals surface area contributed by atoms with E-state index in [1.807, 2.05) is 12.3 Å². The van der Waals surface area contributed by atoms with Crippen molar-refractivity contribution in [1.82, 2.24) is 4.98 Å². The number of fused-ring (bicyclic) bond motifs is 3. The van der Waals surface area contributed by atoms with Crippen LogP contribution in [0.4, 0.5) is 0 Å². The number of aromatic nitrogens is 1. The van der Waals surface area contributed by atoms with Gasteiger partial charge in [-0.3, -0.25) is 4.98 Å². The molecule has 0 amide bonds. The van der Waals surface area contributed by atoms with Gasteiger partial charge in [0.25, 0.3) is 0 Å². The summed E-state index contributed by atoms with van der Waals surface area (Å²) in [6.07, 6.45) is 1.88. The van der Waals surface area contributed by atoms with E-state index in [9.17, 15) is 0 Å². The molecule has 0 fully saturated rings. The van der Waals surface area contributed by atoms with E-state index in [1.165, 1.54) is 38.9 Å². The normalized spacial score (nSPS) is 13.4. The van der Waals surface area contributed by atoms with Crippen molar-refractivity contribution >= 4 is 0 Å². The van der Waals surface area contributed by atoms with Crippen LogP contribution in [0, 0.1) is 0 Å². The molecule has 0 saturated carbocycles. The average molecular weight is 396 g/mol. The first-order chi connectivity index (χ1) is 15.4. The van der Waals surface area contributed by atoms with Crippen molar-refractivity contribution in [1.29, 1.82) is 0 Å². The molecule has 146 valence electrons. The average Bonchev–Trinajstić information content (AvgIpc) is 3.17. The lowest BCUT2D eigenvalue weighted by Gasteiger charge is -2.35. The fraction of sp³-hybridized carbons (Fsp3) is 0.0333. The minimum atomic E-state index is -0.400. The monoisotopic (exact) mass is 395 g/mol. The Balaban J connectivity index is 1.82. The van der Waals surface area contributed by atoms with Gasteiger partial charge in [-0.1, -0.05) is 109 Å². The topological polar surface area (TPSA) is 12.9 Å². The Hall–Kier alpha value is -3.97. The lowest BCUT2D eigenvalue weighted by molar-refractivity contribution is 0.770. The minimum absolute atomic E-state index is 0.400. The molecule has 1 heterocycles. The predicted molar refractivity (Wildman–Crippen MR) is 127 cm³/mol. The summed E-state index contributed by atoms with van der Waals surface area (Å²) in [5.74, 6) is 0. The van der Waals surface area contributed by atoms with Crippen molar-refractivity contribution in [3.8, 4) is 22.4 Å². The summed E-state index contributed by atoms with van der Waals surface area (Å²) < 4.78 is 0. The molecule has 1 aliphatic carbocycles. The molecule has 0 unspecified atom stereocenters. The second-order valence-electron chi connectivity index (χ2n) is 7.97. The summed E-state index contributed by atoms with van der Waals surface area (Å²) in [7, 11) is 0. The highest BCUT2D eigenvalue weighted by molar-refractivity contribution is 5.91. The molecule has 1 nitrogen and oxygen atoms in total. The molecule has 1 heteroatoms. The molecule has 1 aromatic heterocycles. The van der Waals surface area contributed by atoms with Gasteiger partial charge in [0.05, 0.1) is 11.1 Å². The predicted octanol–water partition coefficient (Wildman–Crippen LogP) is 7.11. The molecule has 0 N–H and O–H groups in total. The lowest BCUT2D eigenvalue weighted by Crippen LogP contribution is -2.29. The van der Waals surface area contributed by atoms with Crippen molar-refractivity contribution in [2.75, 3.05) is 0 Å². The summed E-state index contributed by atoms with van der Waals surface area (Å²) in [6.45, 7) is 0. The van der Waals surface area contributed by atoms with Gasteiger partial charge >= 0.3 is 0 Å². The first-order valence-electron chi connectivity index (χ1n) is 10.7. The zero-order chi connectivity index (χ0) is 20.7. The van der Waals surface area contributed by atoms with E-state index in [2.05, 4.69) is 115 Å². The maximum Gasteiger partial charge on any atom is 0.0720 e. The van der Waals surface area contributed by atoms with Crippen molar-refractivity contribution in [2.24, 2.45) is 0 Å². The van der Waals surface area contributed by atoms with E-state index in [0.717, 1.165) is 5.69 Å². The Morgan fingerprint density at radius 1 is 0.452 bits per heavy atom. The molecule has 0 spiro atoms. The van der Waals surface area contributed by atoms with Crippen molar-refractivity contribution in [2.45, 2.75) is 5.41 Å². The standard InChI is InChI=1S/C30H21N/c1-3-12-22(13-4-1)30(23-14-5-2-6-15-23)27-19-8-7-16-24(27)25-17-11-18-26(29(25)30)28-20-9-10-21-31-28/h1-21H. The van der Waals surface area contributed by atoms with Gasteiger partial charge in [-0.05, 0) is 45.5 Å². The van der Waals surface area contributed by atoms with Crippen LogP contribution in [0.2, 0.25) is 0 Å². The Morgan fingerprint density at radius 2 is 1.03 bits per heavy atom. The molecule has 31 heavy (non-hydrogen) atoms. The summed E-state index contributed by atoms with van der Waals surface area (Å²) in [4.78, 5) is 4.74. The molecule has 0 radical (unpaired) electrons. The van der Waals surface area contributed by atoms with Gasteiger partial charge in [-0.15, -0.1) is 0 Å². The molecule has 0 atom stereocenters. The molecule has 0 saturated heterocycles. The molecular weight excluding hydrogens is 374 g/mol. The Bertz CT molecular complexity index is 1320. The lowest BCUT2D eigenvalue weighted by atomic mass is 9.66. The Labute approximate surface area is 182 Å². The van der Waals surface area contributed by atoms with Gasteiger partial charge in [0.2, 0.25) is 0 Å². The van der Waals surface area contributed by atoms with Crippen LogP contribution in [0.5, 0.6) is 0 Å². The van der Waals surface area contributed by atoms with Crippen LogP contribution >= 0.6 is 0 Å². The van der Waals surface area contributed by atoms with E-state index >= 15 is 0 Å². The Morgan fingerprint density at radius 3 is 1.71 bits per heavy atom. The first-order valence-corrected chi connectivity index (χ1v) is 10.7. The second-order valence-corrected chi connectivity index (χ2v) is 7.97. The maximum absolute atomic E-state index is 4.74. The van der Waals surface area contributed by atoms with E-state index < -0.39 is 5.41 Å². The van der Waals surface area contributed by atoms with E-state index in [4.69, 9.17) is 4.98 Å². The van der Waals surface area contributed by atoms with Crippen LogP contribution < -0.4 is 0 Å². The third kappa shape index (κ3) is 2.53. The van der Waals surface area contributed by atoms with Crippen molar-refractivity contribution in [3.05, 3.63) is 150 Å². The van der Waals surface area contributed by atoms with E-state index in [1.54, 1.807) is 0 Å². The van der Waals surface area contributed by atoms with Gasteiger partial charge in [0.1, 0.15) is 0 Å². The molecule has 0 aliphatic heterocycles. The third-order valence-corrected chi connectivity index (χ3v) is 6.42.